The van der Waals surface area contributed by atoms with Gasteiger partial charge in [0.1, 0.15) is 0 Å². The molecule has 3 rings (SSSR count). The van der Waals surface area contributed by atoms with E-state index in [0.29, 0.717) is 5.92 Å². The lowest BCUT2D eigenvalue weighted by atomic mass is 10.1. The molecule has 2 N–H and O–H groups in total. The highest BCUT2D eigenvalue weighted by molar-refractivity contribution is 7.89. The summed E-state index contributed by atoms with van der Waals surface area (Å²) < 4.78 is 46.4. The number of primary sulfonamides is 1. The van der Waals surface area contributed by atoms with Crippen LogP contribution in [-0.2, 0) is 10.0 Å². The molecule has 22 heavy (non-hydrogen) atoms. The average Bonchev–Trinajstić information content (AvgIpc) is 3.26. The van der Waals surface area contributed by atoms with Crippen molar-refractivity contribution in [2.75, 3.05) is 0 Å². The standard InChI is InChI=1S/C9H8F2.C7H9NO2S/c10-8-4-3-7(5-9(8)11)6-1-2-6;1-6-2-4-7(5-3-6)11(8,9)10/h3-6H,1-2H2;2-5H,1H3,(H2,8,9,10). The third-order valence-electron chi connectivity index (χ3n) is 3.34. The highest BCUT2D eigenvalue weighted by Gasteiger charge is 2.24. The zero-order chi connectivity index (χ0) is 16.3. The van der Waals surface area contributed by atoms with Crippen molar-refractivity contribution < 1.29 is 17.2 Å². The van der Waals surface area contributed by atoms with Crippen molar-refractivity contribution in [1.82, 2.24) is 0 Å². The molecule has 0 atom stereocenters. The van der Waals surface area contributed by atoms with Crippen LogP contribution in [0.25, 0.3) is 0 Å². The van der Waals surface area contributed by atoms with E-state index in [-0.39, 0.29) is 4.90 Å². The van der Waals surface area contributed by atoms with Gasteiger partial charge >= 0.3 is 0 Å². The number of benzene rings is 2. The molecule has 1 saturated carbocycles. The van der Waals surface area contributed by atoms with Gasteiger partial charge in [-0.25, -0.2) is 22.3 Å². The summed E-state index contributed by atoms with van der Waals surface area (Å²) in [6.45, 7) is 1.88. The van der Waals surface area contributed by atoms with Crippen LogP contribution in [-0.4, -0.2) is 8.42 Å². The van der Waals surface area contributed by atoms with Crippen molar-refractivity contribution in [2.45, 2.75) is 30.6 Å². The van der Waals surface area contributed by atoms with Crippen molar-refractivity contribution in [3.8, 4) is 0 Å². The summed E-state index contributed by atoms with van der Waals surface area (Å²) in [6.07, 6.45) is 2.23. The van der Waals surface area contributed by atoms with Gasteiger partial charge in [0.25, 0.3) is 0 Å². The van der Waals surface area contributed by atoms with Gasteiger partial charge in [-0.05, 0) is 55.5 Å². The average molecular weight is 325 g/mol. The molecule has 0 spiro atoms. The number of hydrogen-bond acceptors (Lipinski definition) is 2. The van der Waals surface area contributed by atoms with Gasteiger partial charge < -0.3 is 0 Å². The molecule has 0 aliphatic heterocycles. The second kappa shape index (κ2) is 6.54. The summed E-state index contributed by atoms with van der Waals surface area (Å²) in [5.41, 5.74) is 1.95. The Morgan fingerprint density at radius 2 is 1.59 bits per heavy atom. The summed E-state index contributed by atoms with van der Waals surface area (Å²) in [4.78, 5) is 0.156. The van der Waals surface area contributed by atoms with Gasteiger partial charge in [-0.15, -0.1) is 0 Å². The fourth-order valence-corrected chi connectivity index (χ4v) is 2.43. The van der Waals surface area contributed by atoms with Crippen LogP contribution in [0, 0.1) is 18.6 Å². The maximum Gasteiger partial charge on any atom is 0.238 e. The Kier molecular flexibility index (Phi) is 4.93. The fraction of sp³-hybridized carbons (Fsp3) is 0.250. The lowest BCUT2D eigenvalue weighted by Crippen LogP contribution is -2.11. The molecule has 0 unspecified atom stereocenters. The highest BCUT2D eigenvalue weighted by atomic mass is 32.2. The molecule has 0 heterocycles. The maximum absolute atomic E-state index is 12.6. The van der Waals surface area contributed by atoms with E-state index in [4.69, 9.17) is 5.14 Å². The second-order valence-corrected chi connectivity index (χ2v) is 6.87. The Hall–Kier alpha value is -1.79. The van der Waals surface area contributed by atoms with E-state index in [1.165, 1.54) is 24.3 Å². The number of sulfonamides is 1. The summed E-state index contributed by atoms with van der Waals surface area (Å²) >= 11 is 0. The largest absolute Gasteiger partial charge is 0.238 e. The first-order valence-corrected chi connectivity index (χ1v) is 8.36. The Morgan fingerprint density at radius 1 is 1.00 bits per heavy atom. The molecule has 0 saturated heterocycles. The molecule has 0 aromatic heterocycles. The minimum atomic E-state index is -3.52. The van der Waals surface area contributed by atoms with E-state index in [1.807, 2.05) is 6.92 Å². The first-order chi connectivity index (χ1) is 10.3. The molecule has 3 nitrogen and oxygen atoms in total. The summed E-state index contributed by atoms with van der Waals surface area (Å²) in [7, 11) is -3.52. The summed E-state index contributed by atoms with van der Waals surface area (Å²) in [5, 5.41) is 4.88. The molecular formula is C16H17F2NO2S. The lowest BCUT2D eigenvalue weighted by Gasteiger charge is -1.97. The predicted molar refractivity (Wildman–Crippen MR) is 80.9 cm³/mol. The topological polar surface area (TPSA) is 60.2 Å². The van der Waals surface area contributed by atoms with E-state index >= 15 is 0 Å². The number of aryl methyl sites for hydroxylation is 1. The van der Waals surface area contributed by atoms with Crippen molar-refractivity contribution >= 4 is 10.0 Å². The van der Waals surface area contributed by atoms with Crippen LogP contribution < -0.4 is 5.14 Å². The first kappa shape index (κ1) is 16.6. The molecule has 1 aliphatic carbocycles. The number of hydrogen-bond donors (Lipinski definition) is 1. The van der Waals surface area contributed by atoms with Crippen molar-refractivity contribution in [2.24, 2.45) is 5.14 Å². The van der Waals surface area contributed by atoms with Gasteiger partial charge in [-0.3, -0.25) is 0 Å². The molecule has 1 aliphatic rings. The third-order valence-corrected chi connectivity index (χ3v) is 4.27. The van der Waals surface area contributed by atoms with Crippen LogP contribution in [0.5, 0.6) is 0 Å². The Balaban J connectivity index is 0.000000160. The number of halogens is 2. The minimum absolute atomic E-state index is 0.156. The number of nitrogens with two attached hydrogens (primary N) is 1. The molecule has 0 radical (unpaired) electrons. The molecule has 118 valence electrons. The summed E-state index contributed by atoms with van der Waals surface area (Å²) in [5.74, 6) is -0.992. The van der Waals surface area contributed by atoms with Gasteiger partial charge in [0, 0.05) is 0 Å². The Morgan fingerprint density at radius 3 is 2.05 bits per heavy atom. The molecule has 6 heteroatoms. The van der Waals surface area contributed by atoms with Gasteiger partial charge in [-0.1, -0.05) is 23.8 Å². The fourth-order valence-electron chi connectivity index (χ4n) is 1.91. The summed E-state index contributed by atoms with van der Waals surface area (Å²) in [6, 6.07) is 10.6. The van der Waals surface area contributed by atoms with Crippen LogP contribution in [0.3, 0.4) is 0 Å². The molecule has 2 aromatic carbocycles. The number of rotatable bonds is 2. The highest BCUT2D eigenvalue weighted by Crippen LogP contribution is 2.40. The van der Waals surface area contributed by atoms with Gasteiger partial charge in [0.05, 0.1) is 4.90 Å². The lowest BCUT2D eigenvalue weighted by molar-refractivity contribution is 0.507. The van der Waals surface area contributed by atoms with Crippen LogP contribution in [0.2, 0.25) is 0 Å². The molecular weight excluding hydrogens is 308 g/mol. The molecule has 1 fully saturated rings. The third kappa shape index (κ3) is 4.61. The van der Waals surface area contributed by atoms with E-state index in [0.717, 1.165) is 24.0 Å². The minimum Gasteiger partial charge on any atom is -0.225 e. The van der Waals surface area contributed by atoms with Crippen molar-refractivity contribution in [3.63, 3.8) is 0 Å². The van der Waals surface area contributed by atoms with Crippen molar-refractivity contribution in [1.29, 1.82) is 0 Å². The first-order valence-electron chi connectivity index (χ1n) is 6.82. The van der Waals surface area contributed by atoms with Crippen molar-refractivity contribution in [3.05, 3.63) is 65.2 Å². The second-order valence-electron chi connectivity index (χ2n) is 5.31. The normalized spacial score (nSPS) is 14.2. The van der Waals surface area contributed by atoms with Gasteiger partial charge in [-0.2, -0.15) is 0 Å². The van der Waals surface area contributed by atoms with Crippen LogP contribution in [0.1, 0.15) is 29.9 Å². The monoisotopic (exact) mass is 325 g/mol. The SMILES string of the molecule is Cc1ccc(S(N)(=O)=O)cc1.Fc1ccc(C2CC2)cc1F. The van der Waals surface area contributed by atoms with E-state index in [2.05, 4.69) is 0 Å². The van der Waals surface area contributed by atoms with Crippen LogP contribution in [0.4, 0.5) is 8.78 Å². The van der Waals surface area contributed by atoms with Crippen LogP contribution >= 0.6 is 0 Å². The van der Waals surface area contributed by atoms with E-state index < -0.39 is 21.7 Å². The zero-order valence-electron chi connectivity index (χ0n) is 12.1. The quantitative estimate of drug-likeness (QED) is 0.919. The molecule has 0 amide bonds. The molecule has 2 aromatic rings. The Labute approximate surface area is 128 Å². The van der Waals surface area contributed by atoms with Gasteiger partial charge in [0.15, 0.2) is 11.6 Å². The van der Waals surface area contributed by atoms with Crippen LogP contribution in [0.15, 0.2) is 47.4 Å². The van der Waals surface area contributed by atoms with E-state index in [1.54, 1.807) is 18.2 Å². The maximum atomic E-state index is 12.6. The van der Waals surface area contributed by atoms with Gasteiger partial charge in [0.2, 0.25) is 10.0 Å². The predicted octanol–water partition coefficient (Wildman–Crippen LogP) is 3.48. The Bertz CT molecular complexity index is 754. The zero-order valence-corrected chi connectivity index (χ0v) is 12.9. The smallest absolute Gasteiger partial charge is 0.225 e. The molecule has 0 bridgehead atoms. The van der Waals surface area contributed by atoms with E-state index in [9.17, 15) is 17.2 Å².